The number of anilines is 1. The zero-order valence-electron chi connectivity index (χ0n) is 34.8. The summed E-state index contributed by atoms with van der Waals surface area (Å²) in [6, 6.07) is 48.8. The Hall–Kier alpha value is -5.97. The second-order valence-electron chi connectivity index (χ2n) is 15.5. The minimum atomic E-state index is -1.15. The van der Waals surface area contributed by atoms with Crippen molar-refractivity contribution >= 4 is 63.5 Å². The SMILES string of the molecule is CON=C(C(=O)NC1C(=O)N2CC(SC3COCOC3)(C(=O)OC(c3ccccc3)c3ccccc3)CS[C@H]12)c1csc(NC(c2ccccc2)(c2ccccc2)c2ccccc2)n1. The molecular formula is C49H45N5O7S3. The van der Waals surface area contributed by atoms with Gasteiger partial charge in [0.2, 0.25) is 5.91 Å². The van der Waals surface area contributed by atoms with Crippen LogP contribution < -0.4 is 10.6 Å². The highest BCUT2D eigenvalue weighted by atomic mass is 32.2. The Morgan fingerprint density at radius 2 is 1.36 bits per heavy atom. The van der Waals surface area contributed by atoms with Crippen LogP contribution in [-0.2, 0) is 39.0 Å². The van der Waals surface area contributed by atoms with Crippen molar-refractivity contribution in [3.05, 3.63) is 191 Å². The van der Waals surface area contributed by atoms with Crippen LogP contribution in [0.1, 0.15) is 39.6 Å². The lowest BCUT2D eigenvalue weighted by Gasteiger charge is -2.54. The number of esters is 1. The molecule has 0 radical (unpaired) electrons. The molecule has 2 unspecified atom stereocenters. The number of hydrogen-bond acceptors (Lipinski definition) is 13. The Morgan fingerprint density at radius 1 is 0.828 bits per heavy atom. The number of amides is 2. The van der Waals surface area contributed by atoms with Crippen LogP contribution in [0.3, 0.4) is 0 Å². The topological polar surface area (TPSA) is 141 Å². The van der Waals surface area contributed by atoms with Gasteiger partial charge in [-0.15, -0.1) is 34.9 Å². The van der Waals surface area contributed by atoms with Crippen LogP contribution in [0.15, 0.2) is 162 Å². The smallest absolute Gasteiger partial charge is 0.325 e. The van der Waals surface area contributed by atoms with E-state index in [1.807, 2.05) is 115 Å². The summed E-state index contributed by atoms with van der Waals surface area (Å²) in [5.74, 6) is -1.06. The Kier molecular flexibility index (Phi) is 13.1. The fourth-order valence-corrected chi connectivity index (χ4v) is 12.3. The number of oxime groups is 1. The molecule has 2 N–H and O–H groups in total. The van der Waals surface area contributed by atoms with Crippen molar-refractivity contribution < 1.29 is 33.4 Å². The van der Waals surface area contributed by atoms with Crippen molar-refractivity contribution in [2.45, 2.75) is 33.1 Å². The van der Waals surface area contributed by atoms with Gasteiger partial charge in [0.15, 0.2) is 16.9 Å². The molecule has 3 aliphatic rings. The van der Waals surface area contributed by atoms with Gasteiger partial charge >= 0.3 is 5.97 Å². The van der Waals surface area contributed by atoms with E-state index in [2.05, 4.69) is 52.2 Å². The molecule has 3 atom stereocenters. The first-order chi connectivity index (χ1) is 31.4. The Labute approximate surface area is 383 Å². The van der Waals surface area contributed by atoms with Crippen LogP contribution in [0.4, 0.5) is 5.13 Å². The Balaban J connectivity index is 0.941. The first-order valence-electron chi connectivity index (χ1n) is 20.8. The number of carbonyl (C=O) groups is 3. The molecule has 3 saturated heterocycles. The lowest BCUT2D eigenvalue weighted by molar-refractivity contribution is -0.155. The summed E-state index contributed by atoms with van der Waals surface area (Å²) in [6.45, 7) is 1.05. The van der Waals surface area contributed by atoms with Gasteiger partial charge in [-0.25, -0.2) is 4.98 Å². The van der Waals surface area contributed by atoms with E-state index in [9.17, 15) is 14.4 Å². The number of thiazole rings is 1. The second-order valence-corrected chi connectivity index (χ2v) is 19.1. The van der Waals surface area contributed by atoms with Crippen LogP contribution in [0.2, 0.25) is 0 Å². The molecule has 12 nitrogen and oxygen atoms in total. The number of benzene rings is 5. The molecule has 64 heavy (non-hydrogen) atoms. The molecule has 0 bridgehead atoms. The van der Waals surface area contributed by atoms with E-state index in [4.69, 9.17) is 24.0 Å². The predicted octanol–water partition coefficient (Wildman–Crippen LogP) is 7.48. The van der Waals surface area contributed by atoms with E-state index in [0.29, 0.717) is 24.1 Å². The molecule has 3 fully saturated rings. The van der Waals surface area contributed by atoms with Crippen LogP contribution in [0.25, 0.3) is 0 Å². The van der Waals surface area contributed by atoms with E-state index in [0.717, 1.165) is 27.8 Å². The van der Waals surface area contributed by atoms with E-state index < -0.39 is 39.7 Å². The van der Waals surface area contributed by atoms with Crippen molar-refractivity contribution in [1.29, 1.82) is 0 Å². The third-order valence-corrected chi connectivity index (χ3v) is 15.3. The van der Waals surface area contributed by atoms with Gasteiger partial charge < -0.3 is 34.6 Å². The fraction of sp³-hybridized carbons (Fsp3) is 0.245. The maximum Gasteiger partial charge on any atom is 0.325 e. The molecule has 6 aromatic rings. The third-order valence-electron chi connectivity index (χ3n) is 11.4. The number of fused-ring (bicyclic) bond motifs is 1. The summed E-state index contributed by atoms with van der Waals surface area (Å²) in [5.41, 5.74) is 3.99. The van der Waals surface area contributed by atoms with Gasteiger partial charge in [0.05, 0.1) is 18.5 Å². The lowest BCUT2D eigenvalue weighted by atomic mass is 9.77. The summed E-state index contributed by atoms with van der Waals surface area (Å²) in [7, 11) is 1.36. The summed E-state index contributed by atoms with van der Waals surface area (Å²) in [4.78, 5) is 54.6. The maximum atomic E-state index is 14.7. The average Bonchev–Trinajstić information content (AvgIpc) is 3.82. The molecule has 0 aliphatic carbocycles. The molecule has 326 valence electrons. The maximum absolute atomic E-state index is 14.7. The normalized spacial score (nSPS) is 20.2. The molecule has 3 aliphatic heterocycles. The number of hydrogen-bond donors (Lipinski definition) is 2. The molecular weight excluding hydrogens is 867 g/mol. The number of nitrogens with one attached hydrogen (secondary N) is 2. The number of aromatic nitrogens is 1. The average molecular weight is 912 g/mol. The predicted molar refractivity (Wildman–Crippen MR) is 250 cm³/mol. The van der Waals surface area contributed by atoms with Crippen LogP contribution >= 0.6 is 34.9 Å². The molecule has 0 saturated carbocycles. The Morgan fingerprint density at radius 3 is 1.89 bits per heavy atom. The van der Waals surface area contributed by atoms with Gasteiger partial charge in [-0.1, -0.05) is 157 Å². The van der Waals surface area contributed by atoms with E-state index in [-0.39, 0.29) is 35.9 Å². The lowest BCUT2D eigenvalue weighted by Crippen LogP contribution is -2.75. The van der Waals surface area contributed by atoms with Crippen molar-refractivity contribution in [3.8, 4) is 0 Å². The molecule has 5 aromatic carbocycles. The Bertz CT molecular complexity index is 2430. The van der Waals surface area contributed by atoms with Gasteiger partial charge in [0.1, 0.15) is 41.3 Å². The number of ether oxygens (including phenoxy) is 3. The van der Waals surface area contributed by atoms with E-state index in [1.165, 1.54) is 42.0 Å². The van der Waals surface area contributed by atoms with Gasteiger partial charge in [-0.3, -0.25) is 14.4 Å². The summed E-state index contributed by atoms with van der Waals surface area (Å²) < 4.78 is 16.5. The molecule has 4 heterocycles. The standard InChI is InChI=1S/C49H45N5O7S3/c1-58-53-40(39-29-62-47(50-39)52-49(35-21-11-4-12-22-35,36-23-13-5-14-24-36)37-25-15-6-16-26-37)43(55)51-41-44(56)54-30-48(31-63-45(41)54,64-38-27-59-32-60-28-38)46(57)61-42(33-17-7-2-8-18-33)34-19-9-3-10-20-34/h2-26,29,38,41-42,45H,27-28,30-32H2,1H3,(H,50,52)(H,51,55)/t41?,45-,48?/m1/s1. The summed E-state index contributed by atoms with van der Waals surface area (Å²) in [5, 5.41) is 12.4. The van der Waals surface area contributed by atoms with E-state index in [1.54, 1.807) is 10.3 Å². The molecule has 2 amide bonds. The zero-order valence-corrected chi connectivity index (χ0v) is 37.2. The minimum Gasteiger partial charge on any atom is -0.451 e. The summed E-state index contributed by atoms with van der Waals surface area (Å²) >= 11 is 4.17. The number of rotatable bonds is 15. The van der Waals surface area contributed by atoms with Crippen LogP contribution in [0.5, 0.6) is 0 Å². The van der Waals surface area contributed by atoms with Gasteiger partial charge in [-0.05, 0) is 27.8 Å². The third kappa shape index (κ3) is 8.78. The first-order valence-corrected chi connectivity index (χ1v) is 23.6. The van der Waals surface area contributed by atoms with Crippen molar-refractivity contribution in [2.75, 3.05) is 44.7 Å². The number of carbonyl (C=O) groups excluding carboxylic acids is 3. The van der Waals surface area contributed by atoms with Crippen LogP contribution in [0, 0.1) is 0 Å². The van der Waals surface area contributed by atoms with E-state index >= 15 is 0 Å². The number of thioether (sulfide) groups is 2. The number of β-lactam (4-membered cyclic amide) rings is 1. The first kappa shape index (κ1) is 43.3. The molecule has 15 heteroatoms. The molecule has 9 rings (SSSR count). The number of nitrogens with zero attached hydrogens (tertiary/aromatic N) is 3. The van der Waals surface area contributed by atoms with Crippen molar-refractivity contribution in [3.63, 3.8) is 0 Å². The van der Waals surface area contributed by atoms with Gasteiger partial charge in [0, 0.05) is 17.7 Å². The highest BCUT2D eigenvalue weighted by molar-refractivity contribution is 8.05. The quantitative estimate of drug-likeness (QED) is 0.0349. The largest absolute Gasteiger partial charge is 0.451 e. The van der Waals surface area contributed by atoms with Crippen molar-refractivity contribution in [2.24, 2.45) is 5.16 Å². The summed E-state index contributed by atoms with van der Waals surface area (Å²) in [6.07, 6.45) is -0.667. The molecule has 1 aromatic heterocycles. The zero-order chi connectivity index (χ0) is 43.9. The highest BCUT2D eigenvalue weighted by Gasteiger charge is 2.59. The minimum absolute atomic E-state index is 0.0813. The highest BCUT2D eigenvalue weighted by Crippen LogP contribution is 2.47. The monoisotopic (exact) mass is 911 g/mol. The van der Waals surface area contributed by atoms with Crippen molar-refractivity contribution in [1.82, 2.24) is 15.2 Å². The molecule has 0 spiro atoms. The fourth-order valence-electron chi connectivity index (χ4n) is 8.33. The second kappa shape index (κ2) is 19.4. The van der Waals surface area contributed by atoms with Crippen LogP contribution in [-0.4, -0.2) is 94.2 Å². The van der Waals surface area contributed by atoms with Gasteiger partial charge in [-0.2, -0.15) is 0 Å². The van der Waals surface area contributed by atoms with Gasteiger partial charge in [0.25, 0.3) is 5.91 Å².